The molecule has 0 radical (unpaired) electrons. The summed E-state index contributed by atoms with van der Waals surface area (Å²) >= 11 is 0. The summed E-state index contributed by atoms with van der Waals surface area (Å²) in [6, 6.07) is 14.3. The number of amides is 1. The Bertz CT molecular complexity index is 727. The van der Waals surface area contributed by atoms with Gasteiger partial charge in [-0.05, 0) is 48.7 Å². The van der Waals surface area contributed by atoms with Crippen LogP contribution in [0.2, 0.25) is 0 Å². The predicted octanol–water partition coefficient (Wildman–Crippen LogP) is 3.83. The fourth-order valence-electron chi connectivity index (χ4n) is 2.20. The van der Waals surface area contributed by atoms with Gasteiger partial charge in [-0.3, -0.25) is 4.79 Å². The lowest BCUT2D eigenvalue weighted by Crippen LogP contribution is -2.20. The van der Waals surface area contributed by atoms with Gasteiger partial charge in [0.2, 0.25) is 0 Å². The van der Waals surface area contributed by atoms with Gasteiger partial charge < -0.3 is 14.8 Å². The molecule has 1 N–H and O–H groups in total. The molecule has 0 spiro atoms. The number of nitrogens with one attached hydrogen (secondary N) is 1. The molecule has 2 aromatic rings. The molecule has 25 heavy (non-hydrogen) atoms. The summed E-state index contributed by atoms with van der Waals surface area (Å²) in [5, 5.41) is 2.72. The van der Waals surface area contributed by atoms with E-state index in [-0.39, 0.29) is 12.5 Å². The normalized spacial score (nSPS) is 10.2. The maximum absolute atomic E-state index is 12.0. The lowest BCUT2D eigenvalue weighted by atomic mass is 10.2. The third-order valence-electron chi connectivity index (χ3n) is 3.50. The molecule has 1 amide bonds. The molecule has 2 rings (SSSR count). The van der Waals surface area contributed by atoms with Crippen molar-refractivity contribution >= 4 is 17.6 Å². The van der Waals surface area contributed by atoms with Crippen molar-refractivity contribution in [3.05, 3.63) is 59.7 Å². The van der Waals surface area contributed by atoms with Crippen LogP contribution in [0.3, 0.4) is 0 Å². The molecule has 5 heteroatoms. The number of aryl methyl sites for hydroxylation is 1. The molecular formula is C20H23NO4. The van der Waals surface area contributed by atoms with Crippen molar-refractivity contribution in [2.24, 2.45) is 0 Å². The first-order chi connectivity index (χ1) is 12.1. The molecule has 0 bridgehead atoms. The van der Waals surface area contributed by atoms with Crippen LogP contribution in [-0.4, -0.2) is 25.1 Å². The summed E-state index contributed by atoms with van der Waals surface area (Å²) in [5.41, 5.74) is 2.08. The van der Waals surface area contributed by atoms with Crippen molar-refractivity contribution in [1.29, 1.82) is 0 Å². The summed E-state index contributed by atoms with van der Waals surface area (Å²) in [4.78, 5) is 23.9. The van der Waals surface area contributed by atoms with Crippen LogP contribution in [0.15, 0.2) is 48.5 Å². The van der Waals surface area contributed by atoms with Crippen molar-refractivity contribution in [3.63, 3.8) is 0 Å². The lowest BCUT2D eigenvalue weighted by molar-refractivity contribution is -0.118. The van der Waals surface area contributed by atoms with Crippen molar-refractivity contribution < 1.29 is 19.1 Å². The van der Waals surface area contributed by atoms with Gasteiger partial charge in [0.1, 0.15) is 5.75 Å². The Kier molecular flexibility index (Phi) is 7.01. The number of benzene rings is 2. The number of hydrogen-bond donors (Lipinski definition) is 1. The van der Waals surface area contributed by atoms with Crippen LogP contribution in [-0.2, 0) is 16.0 Å². The number of rotatable bonds is 8. The first kappa shape index (κ1) is 18.5. The highest BCUT2D eigenvalue weighted by Gasteiger charge is 2.09. The molecular weight excluding hydrogens is 318 g/mol. The third-order valence-corrected chi connectivity index (χ3v) is 3.50. The van der Waals surface area contributed by atoms with Crippen LogP contribution in [0.25, 0.3) is 0 Å². The van der Waals surface area contributed by atoms with Gasteiger partial charge in [0.15, 0.2) is 6.61 Å². The zero-order valence-electron chi connectivity index (χ0n) is 14.6. The molecule has 0 saturated heterocycles. The van der Waals surface area contributed by atoms with Crippen LogP contribution in [0.5, 0.6) is 5.75 Å². The fraction of sp³-hybridized carbons (Fsp3) is 0.300. The van der Waals surface area contributed by atoms with Crippen molar-refractivity contribution in [2.45, 2.75) is 26.7 Å². The summed E-state index contributed by atoms with van der Waals surface area (Å²) < 4.78 is 10.6. The van der Waals surface area contributed by atoms with Gasteiger partial charge in [0, 0.05) is 5.69 Å². The smallest absolute Gasteiger partial charge is 0.338 e. The van der Waals surface area contributed by atoms with Crippen molar-refractivity contribution in [3.8, 4) is 5.75 Å². The Balaban J connectivity index is 1.90. The van der Waals surface area contributed by atoms with Gasteiger partial charge in [-0.2, -0.15) is 0 Å². The van der Waals surface area contributed by atoms with Crippen LogP contribution >= 0.6 is 0 Å². The van der Waals surface area contributed by atoms with E-state index >= 15 is 0 Å². The number of hydrogen-bond acceptors (Lipinski definition) is 4. The molecule has 2 aromatic carbocycles. The average molecular weight is 341 g/mol. The van der Waals surface area contributed by atoms with Gasteiger partial charge >= 0.3 is 5.97 Å². The first-order valence-electron chi connectivity index (χ1n) is 8.41. The second-order valence-corrected chi connectivity index (χ2v) is 5.55. The summed E-state index contributed by atoms with van der Waals surface area (Å²) in [5.74, 6) is -0.0297. The van der Waals surface area contributed by atoms with Crippen LogP contribution < -0.4 is 10.1 Å². The topological polar surface area (TPSA) is 64.6 Å². The standard InChI is InChI=1S/C20H23NO4/c1-3-11-24-20(23)16-8-6-9-17(13-16)21-19(22)14-25-18-10-5-7-15(4-2)12-18/h5-10,12-13H,3-4,11,14H2,1-2H3,(H,21,22). The van der Waals surface area contributed by atoms with Gasteiger partial charge in [-0.1, -0.05) is 32.0 Å². The van der Waals surface area contributed by atoms with Gasteiger partial charge in [-0.25, -0.2) is 4.79 Å². The van der Waals surface area contributed by atoms with E-state index in [1.54, 1.807) is 24.3 Å². The monoisotopic (exact) mass is 341 g/mol. The Morgan fingerprint density at radius 1 is 1.04 bits per heavy atom. The molecule has 0 heterocycles. The first-order valence-corrected chi connectivity index (χ1v) is 8.41. The third kappa shape index (κ3) is 5.95. The largest absolute Gasteiger partial charge is 0.484 e. The zero-order valence-corrected chi connectivity index (χ0v) is 14.6. The van der Waals surface area contributed by atoms with Gasteiger partial charge in [0.05, 0.1) is 12.2 Å². The van der Waals surface area contributed by atoms with E-state index < -0.39 is 5.97 Å². The second-order valence-electron chi connectivity index (χ2n) is 5.55. The average Bonchev–Trinajstić information content (AvgIpc) is 2.64. The number of carbonyl (C=O) groups is 2. The Hall–Kier alpha value is -2.82. The van der Waals surface area contributed by atoms with Crippen LogP contribution in [0.1, 0.15) is 36.2 Å². The van der Waals surface area contributed by atoms with Crippen molar-refractivity contribution in [2.75, 3.05) is 18.5 Å². The van der Waals surface area contributed by atoms with E-state index in [1.807, 2.05) is 31.2 Å². The molecule has 0 fully saturated rings. The highest BCUT2D eigenvalue weighted by Crippen LogP contribution is 2.15. The predicted molar refractivity (Wildman–Crippen MR) is 97.0 cm³/mol. The van der Waals surface area contributed by atoms with Crippen LogP contribution in [0.4, 0.5) is 5.69 Å². The minimum atomic E-state index is -0.398. The molecule has 0 unspecified atom stereocenters. The summed E-state index contributed by atoms with van der Waals surface area (Å²) in [6.45, 7) is 4.27. The van der Waals surface area contributed by atoms with Gasteiger partial charge in [0.25, 0.3) is 5.91 Å². The Morgan fingerprint density at radius 2 is 1.84 bits per heavy atom. The van der Waals surface area contributed by atoms with Gasteiger partial charge in [-0.15, -0.1) is 0 Å². The highest BCUT2D eigenvalue weighted by atomic mass is 16.5. The number of carbonyl (C=O) groups excluding carboxylic acids is 2. The molecule has 0 aliphatic carbocycles. The minimum absolute atomic E-state index is 0.0995. The molecule has 0 aromatic heterocycles. The number of esters is 1. The molecule has 0 aliphatic rings. The summed E-state index contributed by atoms with van der Waals surface area (Å²) in [7, 11) is 0. The maximum Gasteiger partial charge on any atom is 0.338 e. The van der Waals surface area contributed by atoms with E-state index in [1.165, 1.54) is 0 Å². The molecule has 0 atom stereocenters. The Morgan fingerprint density at radius 3 is 2.60 bits per heavy atom. The Labute approximate surface area is 148 Å². The second kappa shape index (κ2) is 9.47. The molecule has 0 saturated carbocycles. The van der Waals surface area contributed by atoms with E-state index in [9.17, 15) is 9.59 Å². The quantitative estimate of drug-likeness (QED) is 0.741. The fourth-order valence-corrected chi connectivity index (χ4v) is 2.20. The minimum Gasteiger partial charge on any atom is -0.484 e. The number of anilines is 1. The highest BCUT2D eigenvalue weighted by molar-refractivity contribution is 5.95. The molecule has 0 aliphatic heterocycles. The van der Waals surface area contributed by atoms with E-state index in [0.717, 1.165) is 18.4 Å². The van der Waals surface area contributed by atoms with E-state index in [0.29, 0.717) is 23.6 Å². The summed E-state index contributed by atoms with van der Waals surface area (Å²) in [6.07, 6.45) is 1.67. The molecule has 132 valence electrons. The van der Waals surface area contributed by atoms with E-state index in [4.69, 9.17) is 9.47 Å². The SMILES string of the molecule is CCCOC(=O)c1cccc(NC(=O)COc2cccc(CC)c2)c1. The van der Waals surface area contributed by atoms with E-state index in [2.05, 4.69) is 12.2 Å². The molecule has 5 nitrogen and oxygen atoms in total. The zero-order chi connectivity index (χ0) is 18.1. The number of ether oxygens (including phenoxy) is 2. The maximum atomic E-state index is 12.0. The van der Waals surface area contributed by atoms with Crippen molar-refractivity contribution in [1.82, 2.24) is 0 Å². The lowest BCUT2D eigenvalue weighted by Gasteiger charge is -2.09. The van der Waals surface area contributed by atoms with Crippen LogP contribution in [0, 0.1) is 0 Å².